The molecule has 0 aliphatic rings. The number of aromatic nitrogens is 3. The SMILES string of the molecule is CC(C)Nc1nc(NCCOCCOCCN)nc(Nc2ccccc2)n1. The van der Waals surface area contributed by atoms with Crippen LogP contribution in [0, 0.1) is 0 Å². The zero-order valence-electron chi connectivity index (χ0n) is 15.9. The van der Waals surface area contributed by atoms with Gasteiger partial charge in [-0.1, -0.05) is 18.2 Å². The molecule has 5 N–H and O–H groups in total. The lowest BCUT2D eigenvalue weighted by Crippen LogP contribution is -2.18. The third-order valence-corrected chi connectivity index (χ3v) is 3.25. The first kappa shape index (κ1) is 20.8. The molecule has 0 aliphatic heterocycles. The van der Waals surface area contributed by atoms with Crippen LogP contribution in [0.1, 0.15) is 13.8 Å². The predicted molar refractivity (Wildman–Crippen MR) is 107 cm³/mol. The Morgan fingerprint density at radius 1 is 0.889 bits per heavy atom. The number of nitrogens with zero attached hydrogens (tertiary/aromatic N) is 3. The van der Waals surface area contributed by atoms with Crippen LogP contribution in [-0.2, 0) is 9.47 Å². The van der Waals surface area contributed by atoms with E-state index < -0.39 is 0 Å². The summed E-state index contributed by atoms with van der Waals surface area (Å²) in [5.74, 6) is 1.46. The molecule has 0 atom stereocenters. The highest BCUT2D eigenvalue weighted by atomic mass is 16.5. The van der Waals surface area contributed by atoms with Gasteiger partial charge in [-0.2, -0.15) is 15.0 Å². The number of nitrogens with one attached hydrogen (secondary N) is 3. The Bertz CT molecular complexity index is 655. The molecule has 148 valence electrons. The standard InChI is InChI=1S/C18H29N7O2/c1-14(2)21-17-23-16(20-9-11-27-13-12-26-10-8-19)24-18(25-17)22-15-6-4-3-5-7-15/h3-7,14H,8-13,19H2,1-2H3,(H3,20,21,22,23,24,25). The molecule has 0 amide bonds. The normalized spacial score (nSPS) is 10.8. The molecule has 27 heavy (non-hydrogen) atoms. The summed E-state index contributed by atoms with van der Waals surface area (Å²) in [5, 5.41) is 9.55. The van der Waals surface area contributed by atoms with Gasteiger partial charge >= 0.3 is 0 Å². The fraction of sp³-hybridized carbons (Fsp3) is 0.500. The van der Waals surface area contributed by atoms with Crippen molar-refractivity contribution in [3.8, 4) is 0 Å². The Morgan fingerprint density at radius 3 is 2.26 bits per heavy atom. The third-order valence-electron chi connectivity index (χ3n) is 3.25. The molecule has 9 nitrogen and oxygen atoms in total. The maximum Gasteiger partial charge on any atom is 0.233 e. The van der Waals surface area contributed by atoms with Crippen LogP contribution < -0.4 is 21.7 Å². The van der Waals surface area contributed by atoms with Crippen LogP contribution in [0.4, 0.5) is 23.5 Å². The predicted octanol–water partition coefficient (Wildman–Crippen LogP) is 1.84. The Balaban J connectivity index is 1.88. The first-order valence-electron chi connectivity index (χ1n) is 9.11. The zero-order valence-corrected chi connectivity index (χ0v) is 15.9. The Labute approximate surface area is 160 Å². The summed E-state index contributed by atoms with van der Waals surface area (Å²) in [6.45, 7) is 7.29. The number of ether oxygens (including phenoxy) is 2. The monoisotopic (exact) mass is 375 g/mol. The van der Waals surface area contributed by atoms with Crippen molar-refractivity contribution < 1.29 is 9.47 Å². The summed E-state index contributed by atoms with van der Waals surface area (Å²) in [4.78, 5) is 13.2. The molecule has 2 aromatic rings. The van der Waals surface area contributed by atoms with Gasteiger partial charge in [0.05, 0.1) is 26.4 Å². The summed E-state index contributed by atoms with van der Waals surface area (Å²) in [5.41, 5.74) is 6.26. The summed E-state index contributed by atoms with van der Waals surface area (Å²) < 4.78 is 10.7. The van der Waals surface area contributed by atoms with Crippen molar-refractivity contribution in [2.75, 3.05) is 55.5 Å². The molecule has 0 unspecified atom stereocenters. The first-order valence-corrected chi connectivity index (χ1v) is 9.11. The molecular weight excluding hydrogens is 346 g/mol. The molecule has 0 aliphatic carbocycles. The average Bonchev–Trinajstić information content (AvgIpc) is 2.64. The maximum atomic E-state index is 5.49. The number of hydrogen-bond donors (Lipinski definition) is 4. The van der Waals surface area contributed by atoms with Crippen molar-refractivity contribution in [1.29, 1.82) is 0 Å². The van der Waals surface area contributed by atoms with Crippen LogP contribution in [0.5, 0.6) is 0 Å². The summed E-state index contributed by atoms with van der Waals surface area (Å²) in [7, 11) is 0. The lowest BCUT2D eigenvalue weighted by atomic mass is 10.3. The summed E-state index contributed by atoms with van der Waals surface area (Å²) in [6, 6.07) is 9.97. The van der Waals surface area contributed by atoms with Gasteiger partial charge in [-0.3, -0.25) is 0 Å². The second kappa shape index (κ2) is 12.0. The largest absolute Gasteiger partial charge is 0.378 e. The number of rotatable bonds is 13. The number of benzene rings is 1. The van der Waals surface area contributed by atoms with Gasteiger partial charge in [0.2, 0.25) is 17.8 Å². The van der Waals surface area contributed by atoms with Gasteiger partial charge in [0.15, 0.2) is 0 Å². The highest BCUT2D eigenvalue weighted by Crippen LogP contribution is 2.15. The van der Waals surface area contributed by atoms with E-state index in [9.17, 15) is 0 Å². The second-order valence-corrected chi connectivity index (χ2v) is 6.04. The molecule has 9 heteroatoms. The van der Waals surface area contributed by atoms with E-state index in [1.807, 2.05) is 44.2 Å². The lowest BCUT2D eigenvalue weighted by Gasteiger charge is -2.13. The molecule has 1 heterocycles. The van der Waals surface area contributed by atoms with E-state index in [-0.39, 0.29) is 6.04 Å². The van der Waals surface area contributed by atoms with Crippen LogP contribution in [0.2, 0.25) is 0 Å². The third kappa shape index (κ3) is 8.63. The number of para-hydroxylation sites is 1. The van der Waals surface area contributed by atoms with Gasteiger partial charge in [-0.05, 0) is 26.0 Å². The van der Waals surface area contributed by atoms with Gasteiger partial charge in [-0.25, -0.2) is 0 Å². The van der Waals surface area contributed by atoms with E-state index in [2.05, 4.69) is 30.9 Å². The van der Waals surface area contributed by atoms with Crippen LogP contribution in [0.15, 0.2) is 30.3 Å². The van der Waals surface area contributed by atoms with Gasteiger partial charge in [0, 0.05) is 24.8 Å². The van der Waals surface area contributed by atoms with Crippen molar-refractivity contribution >= 4 is 23.5 Å². The summed E-state index contributed by atoms with van der Waals surface area (Å²) >= 11 is 0. The van der Waals surface area contributed by atoms with Gasteiger partial charge in [0.1, 0.15) is 0 Å². The fourth-order valence-electron chi connectivity index (χ4n) is 2.12. The van der Waals surface area contributed by atoms with E-state index in [4.69, 9.17) is 15.2 Å². The molecule has 0 fully saturated rings. The minimum atomic E-state index is 0.210. The van der Waals surface area contributed by atoms with Crippen molar-refractivity contribution in [2.45, 2.75) is 19.9 Å². The first-order chi connectivity index (χ1) is 13.2. The van der Waals surface area contributed by atoms with Crippen LogP contribution in [0.3, 0.4) is 0 Å². The van der Waals surface area contributed by atoms with Crippen molar-refractivity contribution in [3.05, 3.63) is 30.3 Å². The molecule has 1 aromatic heterocycles. The van der Waals surface area contributed by atoms with E-state index in [0.29, 0.717) is 57.4 Å². The van der Waals surface area contributed by atoms with Gasteiger partial charge in [0.25, 0.3) is 0 Å². The van der Waals surface area contributed by atoms with Crippen molar-refractivity contribution in [2.24, 2.45) is 5.73 Å². The number of anilines is 4. The number of nitrogens with two attached hydrogens (primary N) is 1. The van der Waals surface area contributed by atoms with E-state index >= 15 is 0 Å². The average molecular weight is 375 g/mol. The zero-order chi connectivity index (χ0) is 19.3. The molecule has 0 saturated carbocycles. The minimum absolute atomic E-state index is 0.210. The highest BCUT2D eigenvalue weighted by Gasteiger charge is 2.08. The topological polar surface area (TPSA) is 119 Å². The highest BCUT2D eigenvalue weighted by molar-refractivity contribution is 5.55. The molecule has 2 rings (SSSR count). The Hall–Kier alpha value is -2.49. The molecule has 0 saturated heterocycles. The lowest BCUT2D eigenvalue weighted by molar-refractivity contribution is 0.0547. The molecule has 0 spiro atoms. The summed E-state index contributed by atoms with van der Waals surface area (Å²) in [6.07, 6.45) is 0. The maximum absolute atomic E-state index is 5.49. The van der Waals surface area contributed by atoms with E-state index in [1.54, 1.807) is 0 Å². The van der Waals surface area contributed by atoms with Crippen LogP contribution in [0.25, 0.3) is 0 Å². The Morgan fingerprint density at radius 2 is 1.56 bits per heavy atom. The number of hydrogen-bond acceptors (Lipinski definition) is 9. The van der Waals surface area contributed by atoms with Crippen LogP contribution in [-0.4, -0.2) is 60.5 Å². The van der Waals surface area contributed by atoms with Gasteiger partial charge < -0.3 is 31.2 Å². The fourth-order valence-corrected chi connectivity index (χ4v) is 2.12. The quantitative estimate of drug-likeness (QED) is 0.389. The molecular formula is C18H29N7O2. The molecule has 1 aromatic carbocycles. The van der Waals surface area contributed by atoms with Crippen LogP contribution >= 0.6 is 0 Å². The van der Waals surface area contributed by atoms with Crippen molar-refractivity contribution in [3.63, 3.8) is 0 Å². The second-order valence-electron chi connectivity index (χ2n) is 6.04. The minimum Gasteiger partial charge on any atom is -0.378 e. The molecule has 0 bridgehead atoms. The van der Waals surface area contributed by atoms with Crippen molar-refractivity contribution in [1.82, 2.24) is 15.0 Å². The van der Waals surface area contributed by atoms with E-state index in [1.165, 1.54) is 0 Å². The smallest absolute Gasteiger partial charge is 0.233 e. The Kier molecular flexibility index (Phi) is 9.25. The van der Waals surface area contributed by atoms with Gasteiger partial charge in [-0.15, -0.1) is 0 Å². The van der Waals surface area contributed by atoms with E-state index in [0.717, 1.165) is 5.69 Å². The molecule has 0 radical (unpaired) electrons.